The summed E-state index contributed by atoms with van der Waals surface area (Å²) in [6, 6.07) is 19.9. The highest BCUT2D eigenvalue weighted by Crippen LogP contribution is 2.30. The van der Waals surface area contributed by atoms with E-state index in [1.165, 1.54) is 5.56 Å². The number of benzene rings is 2. The zero-order chi connectivity index (χ0) is 19.8. The maximum Gasteiger partial charge on any atom is 0.227 e. The van der Waals surface area contributed by atoms with E-state index >= 15 is 0 Å². The van der Waals surface area contributed by atoms with Crippen LogP contribution < -0.4 is 5.32 Å². The third-order valence-electron chi connectivity index (χ3n) is 5.25. The summed E-state index contributed by atoms with van der Waals surface area (Å²) >= 11 is 0. The van der Waals surface area contributed by atoms with E-state index in [4.69, 9.17) is 4.74 Å². The van der Waals surface area contributed by atoms with Crippen molar-refractivity contribution in [3.8, 4) is 0 Å². The summed E-state index contributed by atoms with van der Waals surface area (Å²) in [5.41, 5.74) is 2.17. The molecule has 1 saturated heterocycles. The molecule has 148 valence electrons. The Bertz CT molecular complexity index is 764. The van der Waals surface area contributed by atoms with Crippen LogP contribution in [0, 0.1) is 5.92 Å². The van der Waals surface area contributed by atoms with Crippen molar-refractivity contribution in [3.63, 3.8) is 0 Å². The number of methoxy groups -OCH3 is 1. The van der Waals surface area contributed by atoms with Crippen LogP contribution in [0.25, 0.3) is 0 Å². The molecule has 5 nitrogen and oxygen atoms in total. The molecule has 2 aromatic carbocycles. The van der Waals surface area contributed by atoms with E-state index in [1.807, 2.05) is 53.4 Å². The predicted octanol–water partition coefficient (Wildman–Crippen LogP) is 2.62. The van der Waals surface area contributed by atoms with Crippen molar-refractivity contribution in [1.29, 1.82) is 0 Å². The van der Waals surface area contributed by atoms with Gasteiger partial charge in [-0.3, -0.25) is 9.59 Å². The van der Waals surface area contributed by atoms with Gasteiger partial charge in [-0.15, -0.1) is 0 Å². The first-order valence-corrected chi connectivity index (χ1v) is 9.80. The number of hydrogen-bond donors (Lipinski definition) is 1. The highest BCUT2D eigenvalue weighted by atomic mass is 16.5. The van der Waals surface area contributed by atoms with E-state index in [1.54, 1.807) is 7.11 Å². The van der Waals surface area contributed by atoms with Crippen molar-refractivity contribution >= 4 is 11.8 Å². The summed E-state index contributed by atoms with van der Waals surface area (Å²) < 4.78 is 5.02. The van der Waals surface area contributed by atoms with Crippen molar-refractivity contribution in [2.24, 2.45) is 5.92 Å². The molecule has 1 heterocycles. The number of carbonyl (C=O) groups is 2. The fourth-order valence-corrected chi connectivity index (χ4v) is 3.76. The lowest BCUT2D eigenvalue weighted by molar-refractivity contribution is -0.135. The van der Waals surface area contributed by atoms with E-state index < -0.39 is 0 Å². The lowest BCUT2D eigenvalue weighted by Gasteiger charge is -2.37. The molecule has 0 bridgehead atoms. The number of nitrogens with one attached hydrogen (secondary N) is 1. The van der Waals surface area contributed by atoms with Gasteiger partial charge in [0.05, 0.1) is 18.9 Å². The Morgan fingerprint density at radius 2 is 1.71 bits per heavy atom. The number of ether oxygens (including phenoxy) is 1. The Morgan fingerprint density at radius 1 is 1.04 bits per heavy atom. The van der Waals surface area contributed by atoms with Gasteiger partial charge in [-0.1, -0.05) is 60.7 Å². The molecule has 0 saturated carbocycles. The van der Waals surface area contributed by atoms with Gasteiger partial charge in [0.25, 0.3) is 0 Å². The van der Waals surface area contributed by atoms with Gasteiger partial charge >= 0.3 is 0 Å². The molecular formula is C23H28N2O3. The average Bonchev–Trinajstić information content (AvgIpc) is 2.75. The van der Waals surface area contributed by atoms with Crippen molar-refractivity contribution in [1.82, 2.24) is 10.2 Å². The molecule has 0 aliphatic carbocycles. The summed E-state index contributed by atoms with van der Waals surface area (Å²) in [6.07, 6.45) is 1.11. The number of likely N-dealkylation sites (tertiary alicyclic amines) is 1. The quantitative estimate of drug-likeness (QED) is 0.752. The molecule has 2 aromatic rings. The molecular weight excluding hydrogens is 352 g/mol. The van der Waals surface area contributed by atoms with Crippen LogP contribution in [0.15, 0.2) is 60.7 Å². The second kappa shape index (κ2) is 10.0. The van der Waals surface area contributed by atoms with Crippen LogP contribution in [0.2, 0.25) is 0 Å². The Balaban J connectivity index is 1.72. The normalized spacial score (nSPS) is 19.2. The Labute approximate surface area is 166 Å². The van der Waals surface area contributed by atoms with Gasteiger partial charge in [0, 0.05) is 32.7 Å². The molecule has 1 N–H and O–H groups in total. The number of rotatable bonds is 7. The third-order valence-corrected chi connectivity index (χ3v) is 5.25. The number of nitrogens with zero attached hydrogens (tertiary/aromatic N) is 1. The van der Waals surface area contributed by atoms with Crippen molar-refractivity contribution in [2.75, 3.05) is 33.4 Å². The number of piperidine rings is 1. The van der Waals surface area contributed by atoms with Gasteiger partial charge in [0.2, 0.25) is 11.8 Å². The lowest BCUT2D eigenvalue weighted by atomic mass is 9.84. The molecule has 1 fully saturated rings. The number of amides is 2. The fraction of sp³-hybridized carbons (Fsp3) is 0.391. The van der Waals surface area contributed by atoms with Crippen LogP contribution in [0.5, 0.6) is 0 Å². The van der Waals surface area contributed by atoms with Crippen molar-refractivity contribution < 1.29 is 14.3 Å². The lowest BCUT2D eigenvalue weighted by Crippen LogP contribution is -2.48. The fourth-order valence-electron chi connectivity index (χ4n) is 3.76. The SMILES string of the molecule is COCCNC(=O)[C@@H]1C[C@H](c2ccccc2)CN(C(=O)Cc2ccccc2)C1. The van der Waals surface area contributed by atoms with Crippen LogP contribution in [-0.4, -0.2) is 50.1 Å². The van der Waals surface area contributed by atoms with Gasteiger partial charge in [-0.2, -0.15) is 0 Å². The Kier molecular flexibility index (Phi) is 7.20. The molecule has 2 amide bonds. The van der Waals surface area contributed by atoms with Gasteiger partial charge < -0.3 is 15.0 Å². The maximum absolute atomic E-state index is 12.9. The van der Waals surface area contributed by atoms with Gasteiger partial charge in [0.15, 0.2) is 0 Å². The van der Waals surface area contributed by atoms with E-state index in [0.717, 1.165) is 12.0 Å². The van der Waals surface area contributed by atoms with Crippen LogP contribution >= 0.6 is 0 Å². The summed E-state index contributed by atoms with van der Waals surface area (Å²) in [7, 11) is 1.61. The summed E-state index contributed by atoms with van der Waals surface area (Å²) in [5.74, 6) is 0.0140. The molecule has 3 rings (SSSR count). The second-order valence-electron chi connectivity index (χ2n) is 7.29. The zero-order valence-corrected chi connectivity index (χ0v) is 16.3. The Morgan fingerprint density at radius 3 is 2.39 bits per heavy atom. The minimum atomic E-state index is -0.212. The highest BCUT2D eigenvalue weighted by molar-refractivity contribution is 5.82. The molecule has 28 heavy (non-hydrogen) atoms. The minimum absolute atomic E-state index is 0.00445. The standard InChI is InChI=1S/C23H28N2O3/c1-28-13-12-24-23(27)21-15-20(19-10-6-3-7-11-19)16-25(17-21)22(26)14-18-8-4-2-5-9-18/h2-11,20-21H,12-17H2,1H3,(H,24,27)/t20-,21+/m0/s1. The first kappa shape index (κ1) is 20.1. The first-order chi connectivity index (χ1) is 13.7. The molecule has 2 atom stereocenters. The van der Waals surface area contributed by atoms with E-state index in [0.29, 0.717) is 32.7 Å². The van der Waals surface area contributed by atoms with Crippen LogP contribution in [0.4, 0.5) is 0 Å². The first-order valence-electron chi connectivity index (χ1n) is 9.80. The van der Waals surface area contributed by atoms with Gasteiger partial charge in [0.1, 0.15) is 0 Å². The largest absolute Gasteiger partial charge is 0.383 e. The molecule has 0 radical (unpaired) electrons. The van der Waals surface area contributed by atoms with Gasteiger partial charge in [-0.05, 0) is 17.5 Å². The van der Waals surface area contributed by atoms with E-state index in [-0.39, 0.29) is 23.7 Å². The average molecular weight is 380 g/mol. The molecule has 0 unspecified atom stereocenters. The summed E-state index contributed by atoms with van der Waals surface area (Å²) in [5, 5.41) is 2.93. The zero-order valence-electron chi connectivity index (χ0n) is 16.3. The number of hydrogen-bond acceptors (Lipinski definition) is 3. The second-order valence-corrected chi connectivity index (χ2v) is 7.29. The molecule has 5 heteroatoms. The van der Waals surface area contributed by atoms with E-state index in [2.05, 4.69) is 17.4 Å². The monoisotopic (exact) mass is 380 g/mol. The molecule has 0 aromatic heterocycles. The predicted molar refractivity (Wildman–Crippen MR) is 109 cm³/mol. The summed E-state index contributed by atoms with van der Waals surface area (Å²) in [4.78, 5) is 27.5. The third kappa shape index (κ3) is 5.42. The topological polar surface area (TPSA) is 58.6 Å². The minimum Gasteiger partial charge on any atom is -0.383 e. The smallest absolute Gasteiger partial charge is 0.227 e. The summed E-state index contributed by atoms with van der Waals surface area (Å²) in [6.45, 7) is 2.09. The number of carbonyl (C=O) groups excluding carboxylic acids is 2. The molecule has 1 aliphatic heterocycles. The van der Waals surface area contributed by atoms with E-state index in [9.17, 15) is 9.59 Å². The van der Waals surface area contributed by atoms with Crippen LogP contribution in [-0.2, 0) is 20.7 Å². The van der Waals surface area contributed by atoms with Crippen LogP contribution in [0.1, 0.15) is 23.5 Å². The van der Waals surface area contributed by atoms with Crippen LogP contribution in [0.3, 0.4) is 0 Å². The maximum atomic E-state index is 12.9. The van der Waals surface area contributed by atoms with Crippen molar-refractivity contribution in [3.05, 3.63) is 71.8 Å². The van der Waals surface area contributed by atoms with Crippen molar-refractivity contribution in [2.45, 2.75) is 18.8 Å². The Hall–Kier alpha value is -2.66. The molecule has 1 aliphatic rings. The highest BCUT2D eigenvalue weighted by Gasteiger charge is 2.34. The molecule has 0 spiro atoms. The van der Waals surface area contributed by atoms with Gasteiger partial charge in [-0.25, -0.2) is 0 Å².